The molecule has 6 rings (SSSR count). The topological polar surface area (TPSA) is 176 Å². The summed E-state index contributed by atoms with van der Waals surface area (Å²) in [5, 5.41) is 22.5. The highest BCUT2D eigenvalue weighted by atomic mass is 16.7. The number of nitro benzene ring substituents is 2. The summed E-state index contributed by atoms with van der Waals surface area (Å²) < 4.78 is 32.9. The highest BCUT2D eigenvalue weighted by Gasteiger charge is 2.46. The van der Waals surface area contributed by atoms with Gasteiger partial charge >= 0.3 is 11.9 Å². The Kier molecular flexibility index (Phi) is 6.49. The van der Waals surface area contributed by atoms with Crippen LogP contribution in [-0.4, -0.2) is 42.0 Å². The Balaban J connectivity index is 1.28. The number of hydrogen-bond donors (Lipinski definition) is 0. The van der Waals surface area contributed by atoms with E-state index >= 15 is 0 Å². The second kappa shape index (κ2) is 10.3. The number of hydrogen-bond acceptors (Lipinski definition) is 12. The van der Waals surface area contributed by atoms with Gasteiger partial charge < -0.3 is 28.4 Å². The average Bonchev–Trinajstić information content (AvgIpc) is 3.70. The number of nitrogens with zero attached hydrogens (tertiary/aromatic N) is 2. The van der Waals surface area contributed by atoms with Crippen molar-refractivity contribution in [1.29, 1.82) is 0 Å². The number of esters is 2. The zero-order chi connectivity index (χ0) is 28.7. The van der Waals surface area contributed by atoms with Crippen LogP contribution >= 0.6 is 0 Å². The van der Waals surface area contributed by atoms with E-state index < -0.39 is 51.1 Å². The summed E-state index contributed by atoms with van der Waals surface area (Å²) in [6.45, 7) is -0.188. The molecule has 3 atom stereocenters. The van der Waals surface area contributed by atoms with Crippen molar-refractivity contribution in [2.75, 3.05) is 20.2 Å². The third kappa shape index (κ3) is 5.02. The van der Waals surface area contributed by atoms with Gasteiger partial charge in [0.25, 0.3) is 11.4 Å². The lowest BCUT2D eigenvalue weighted by Gasteiger charge is -2.21. The summed E-state index contributed by atoms with van der Waals surface area (Å²) in [4.78, 5) is 47.0. The van der Waals surface area contributed by atoms with Crippen LogP contribution in [0.2, 0.25) is 0 Å². The number of rotatable bonds is 8. The molecule has 41 heavy (non-hydrogen) atoms. The Morgan fingerprint density at radius 2 is 1.44 bits per heavy atom. The van der Waals surface area contributed by atoms with Crippen LogP contribution in [-0.2, 0) is 20.7 Å². The summed E-state index contributed by atoms with van der Waals surface area (Å²) in [6.07, 6.45) is -0.607. The smallest absolute Gasteiger partial charge is 0.338 e. The predicted octanol–water partition coefficient (Wildman–Crippen LogP) is 3.89. The van der Waals surface area contributed by atoms with E-state index in [2.05, 4.69) is 0 Å². The molecule has 3 heterocycles. The molecule has 0 saturated carbocycles. The van der Waals surface area contributed by atoms with Gasteiger partial charge in [-0.15, -0.1) is 0 Å². The van der Waals surface area contributed by atoms with Crippen LogP contribution in [0.3, 0.4) is 0 Å². The van der Waals surface area contributed by atoms with E-state index in [-0.39, 0.29) is 32.2 Å². The predicted molar refractivity (Wildman–Crippen MR) is 135 cm³/mol. The number of benzene rings is 3. The molecule has 3 aromatic rings. The van der Waals surface area contributed by atoms with E-state index in [1.165, 1.54) is 0 Å². The maximum absolute atomic E-state index is 13.2. The highest BCUT2D eigenvalue weighted by molar-refractivity contribution is 5.91. The summed E-state index contributed by atoms with van der Waals surface area (Å²) in [5.74, 6) is -0.861. The number of fused-ring (bicyclic) bond motifs is 2. The van der Waals surface area contributed by atoms with Crippen molar-refractivity contribution in [3.05, 3.63) is 91.5 Å². The molecule has 3 aliphatic rings. The molecule has 0 unspecified atom stereocenters. The Hall–Kier alpha value is -5.40. The first kappa shape index (κ1) is 25.9. The van der Waals surface area contributed by atoms with E-state index in [0.29, 0.717) is 28.6 Å². The summed E-state index contributed by atoms with van der Waals surface area (Å²) in [7, 11) is 0. The summed E-state index contributed by atoms with van der Waals surface area (Å²) in [5.41, 5.74) is -0.298. The van der Waals surface area contributed by atoms with Crippen LogP contribution in [0, 0.1) is 32.1 Å². The molecule has 0 radical (unpaired) electrons. The molecule has 0 aromatic heterocycles. The lowest BCUT2D eigenvalue weighted by atomic mass is 9.83. The summed E-state index contributed by atoms with van der Waals surface area (Å²) >= 11 is 0. The minimum atomic E-state index is -1.03. The number of ether oxygens (including phenoxy) is 6. The fourth-order valence-corrected chi connectivity index (χ4v) is 5.03. The Morgan fingerprint density at radius 1 is 0.829 bits per heavy atom. The maximum Gasteiger partial charge on any atom is 0.338 e. The number of carbonyl (C=O) groups is 2. The Bertz CT molecular complexity index is 1560. The van der Waals surface area contributed by atoms with Gasteiger partial charge in [-0.3, -0.25) is 25.0 Å². The second-order valence-corrected chi connectivity index (χ2v) is 9.48. The van der Waals surface area contributed by atoms with Crippen molar-refractivity contribution in [3.63, 3.8) is 0 Å². The van der Waals surface area contributed by atoms with E-state index in [0.717, 1.165) is 23.8 Å². The van der Waals surface area contributed by atoms with Crippen molar-refractivity contribution in [3.8, 4) is 23.0 Å². The van der Waals surface area contributed by atoms with Crippen LogP contribution in [0.25, 0.3) is 0 Å². The molecule has 14 nitrogen and oxygen atoms in total. The van der Waals surface area contributed by atoms with Gasteiger partial charge in [0.05, 0.1) is 34.0 Å². The SMILES string of the molecule is O=C(OC[C@H]1[C@H](Cc2ccc3c(c2)OCO3)C(=O)O[C@@H]1c1ccc2c(c1)OCO2)c1cc([N+](=O)[O-])cc([N+](=O)[O-])c1. The van der Waals surface area contributed by atoms with Crippen LogP contribution in [0.15, 0.2) is 54.6 Å². The maximum atomic E-state index is 13.2. The van der Waals surface area contributed by atoms with Gasteiger partial charge in [-0.25, -0.2) is 4.79 Å². The van der Waals surface area contributed by atoms with Gasteiger partial charge in [0.2, 0.25) is 13.6 Å². The number of carbonyl (C=O) groups excluding carboxylic acids is 2. The fraction of sp³-hybridized carbons (Fsp3) is 0.259. The molecule has 0 bridgehead atoms. The van der Waals surface area contributed by atoms with Crippen molar-refractivity contribution in [2.45, 2.75) is 12.5 Å². The quantitative estimate of drug-likeness (QED) is 0.219. The van der Waals surface area contributed by atoms with E-state index in [1.807, 2.05) is 0 Å². The van der Waals surface area contributed by atoms with Gasteiger partial charge in [-0.05, 0) is 41.8 Å². The van der Waals surface area contributed by atoms with Crippen molar-refractivity contribution < 1.29 is 47.9 Å². The molecule has 1 saturated heterocycles. The molecule has 0 spiro atoms. The molecule has 0 amide bonds. The van der Waals surface area contributed by atoms with Gasteiger partial charge in [-0.2, -0.15) is 0 Å². The van der Waals surface area contributed by atoms with Gasteiger partial charge in [-0.1, -0.05) is 12.1 Å². The Morgan fingerprint density at radius 3 is 2.10 bits per heavy atom. The molecule has 0 aliphatic carbocycles. The van der Waals surface area contributed by atoms with E-state index in [9.17, 15) is 29.8 Å². The van der Waals surface area contributed by atoms with Gasteiger partial charge in [0.15, 0.2) is 23.0 Å². The van der Waals surface area contributed by atoms with Gasteiger partial charge in [0, 0.05) is 18.1 Å². The number of nitro groups is 2. The first-order chi connectivity index (χ1) is 19.8. The molecule has 0 N–H and O–H groups in total. The fourth-order valence-electron chi connectivity index (χ4n) is 5.03. The summed E-state index contributed by atoms with van der Waals surface area (Å²) in [6, 6.07) is 12.9. The van der Waals surface area contributed by atoms with Crippen molar-refractivity contribution in [1.82, 2.24) is 0 Å². The standard InChI is InChI=1S/C27H20N2O12/c30-26(16-7-17(28(32)33)10-18(8-16)29(34)35)36-11-20-19(5-14-1-3-21-23(6-14)39-12-37-21)27(31)41-25(20)15-2-4-22-24(9-15)40-13-38-22/h1-4,6-10,19-20,25H,5,11-13H2/t19-,20-,25+/m0/s1. The third-order valence-corrected chi connectivity index (χ3v) is 7.04. The molecule has 3 aromatic carbocycles. The lowest BCUT2D eigenvalue weighted by Crippen LogP contribution is -2.26. The number of non-ortho nitro benzene ring substituents is 2. The normalized spacial score (nSPS) is 20.0. The zero-order valence-electron chi connectivity index (χ0n) is 21.1. The molecule has 14 heteroatoms. The van der Waals surface area contributed by atoms with Gasteiger partial charge in [0.1, 0.15) is 6.10 Å². The van der Waals surface area contributed by atoms with Crippen LogP contribution < -0.4 is 18.9 Å². The zero-order valence-corrected chi connectivity index (χ0v) is 21.1. The molecule has 210 valence electrons. The van der Waals surface area contributed by atoms with E-state index in [1.54, 1.807) is 36.4 Å². The number of cyclic esters (lactones) is 1. The second-order valence-electron chi connectivity index (χ2n) is 9.48. The lowest BCUT2D eigenvalue weighted by molar-refractivity contribution is -0.394. The molecular formula is C27H20N2O12. The molecule has 3 aliphatic heterocycles. The van der Waals surface area contributed by atoms with Crippen LogP contribution in [0.4, 0.5) is 11.4 Å². The van der Waals surface area contributed by atoms with E-state index in [4.69, 9.17) is 28.4 Å². The first-order valence-electron chi connectivity index (χ1n) is 12.4. The molecular weight excluding hydrogens is 544 g/mol. The minimum Gasteiger partial charge on any atom is -0.462 e. The monoisotopic (exact) mass is 564 g/mol. The Labute approximate surface area is 230 Å². The van der Waals surface area contributed by atoms with Crippen molar-refractivity contribution in [2.24, 2.45) is 11.8 Å². The molecule has 1 fully saturated rings. The third-order valence-electron chi connectivity index (χ3n) is 7.04. The highest BCUT2D eigenvalue weighted by Crippen LogP contribution is 2.45. The minimum absolute atomic E-state index is 0.0480. The first-order valence-corrected chi connectivity index (χ1v) is 12.4. The van der Waals surface area contributed by atoms with Crippen LogP contribution in [0.1, 0.15) is 27.6 Å². The average molecular weight is 564 g/mol. The largest absolute Gasteiger partial charge is 0.462 e. The van der Waals surface area contributed by atoms with Crippen LogP contribution in [0.5, 0.6) is 23.0 Å². The van der Waals surface area contributed by atoms with Crippen molar-refractivity contribution >= 4 is 23.3 Å².